The van der Waals surface area contributed by atoms with Crippen LogP contribution in [0.15, 0.2) is 57.5 Å². The van der Waals surface area contributed by atoms with Crippen molar-refractivity contribution in [2.24, 2.45) is 5.92 Å². The van der Waals surface area contributed by atoms with Gasteiger partial charge in [-0.1, -0.05) is 45.4 Å². The summed E-state index contributed by atoms with van der Waals surface area (Å²) in [4.78, 5) is 23.8. The van der Waals surface area contributed by atoms with Crippen molar-refractivity contribution in [1.29, 1.82) is 0 Å². The van der Waals surface area contributed by atoms with Gasteiger partial charge in [-0.2, -0.15) is 4.98 Å². The molecular formula is C25H27BrFN5O2. The maximum absolute atomic E-state index is 14.1. The number of para-hydroxylation sites is 1. The molecule has 0 atom stereocenters. The molecule has 5 rings (SSSR count). The molecule has 1 aromatic heterocycles. The van der Waals surface area contributed by atoms with Gasteiger partial charge in [0.05, 0.1) is 12.2 Å². The fourth-order valence-electron chi connectivity index (χ4n) is 4.73. The molecule has 2 fully saturated rings. The van der Waals surface area contributed by atoms with Gasteiger partial charge in [0, 0.05) is 42.1 Å². The number of nitrogens with zero attached hydrogens (tertiary/aromatic N) is 5. The molecule has 3 aromatic rings. The number of hydrogen-bond acceptors (Lipinski definition) is 6. The number of piperidine rings is 1. The molecule has 0 unspecified atom stereocenters. The summed E-state index contributed by atoms with van der Waals surface area (Å²) in [5, 5.41) is 4.11. The first-order valence-electron chi connectivity index (χ1n) is 11.7. The van der Waals surface area contributed by atoms with E-state index in [9.17, 15) is 9.18 Å². The standard InChI is InChI=1S/C25H27BrFN5O2/c26-20-5-3-4-19(16-20)24-28-23(34-29-24)17-30-10-8-18(9-11-30)25(33)32-14-12-31(13-15-32)22-7-2-1-6-21(22)27/h1-7,16,18H,8-15,17H2. The number of anilines is 1. The summed E-state index contributed by atoms with van der Waals surface area (Å²) in [5.74, 6) is 1.22. The number of amides is 1. The van der Waals surface area contributed by atoms with E-state index < -0.39 is 0 Å². The first-order valence-corrected chi connectivity index (χ1v) is 12.5. The minimum Gasteiger partial charge on any atom is -0.366 e. The van der Waals surface area contributed by atoms with Crippen molar-refractivity contribution in [2.45, 2.75) is 19.4 Å². The molecule has 34 heavy (non-hydrogen) atoms. The lowest BCUT2D eigenvalue weighted by Crippen LogP contribution is -2.51. The van der Waals surface area contributed by atoms with Gasteiger partial charge >= 0.3 is 0 Å². The van der Waals surface area contributed by atoms with E-state index in [1.54, 1.807) is 12.1 Å². The molecule has 2 aliphatic rings. The molecule has 2 aliphatic heterocycles. The summed E-state index contributed by atoms with van der Waals surface area (Å²) < 4.78 is 20.5. The summed E-state index contributed by atoms with van der Waals surface area (Å²) >= 11 is 3.47. The lowest BCUT2D eigenvalue weighted by Gasteiger charge is -2.39. The minimum absolute atomic E-state index is 0.0381. The Kier molecular flexibility index (Phi) is 6.92. The number of halogens is 2. The third-order valence-corrected chi connectivity index (χ3v) is 7.12. The SMILES string of the molecule is O=C(C1CCN(Cc2nc(-c3cccc(Br)c3)no2)CC1)N1CCN(c2ccccc2F)CC1. The summed E-state index contributed by atoms with van der Waals surface area (Å²) in [5.41, 5.74) is 1.52. The fraction of sp³-hybridized carbons (Fsp3) is 0.400. The van der Waals surface area contributed by atoms with Crippen LogP contribution in [0.3, 0.4) is 0 Å². The third kappa shape index (κ3) is 5.15. The van der Waals surface area contributed by atoms with E-state index in [0.717, 1.165) is 36.0 Å². The molecule has 0 saturated carbocycles. The van der Waals surface area contributed by atoms with E-state index in [2.05, 4.69) is 31.0 Å². The zero-order valence-electron chi connectivity index (χ0n) is 18.9. The van der Waals surface area contributed by atoms with Gasteiger partial charge in [-0.15, -0.1) is 0 Å². The van der Waals surface area contributed by atoms with Crippen LogP contribution in [0.4, 0.5) is 10.1 Å². The number of aromatic nitrogens is 2. The Labute approximate surface area is 206 Å². The van der Waals surface area contributed by atoms with Crippen LogP contribution in [0, 0.1) is 11.7 Å². The second-order valence-corrected chi connectivity index (χ2v) is 9.75. The Hall–Kier alpha value is -2.78. The highest BCUT2D eigenvalue weighted by Crippen LogP contribution is 2.25. The smallest absolute Gasteiger partial charge is 0.241 e. The van der Waals surface area contributed by atoms with E-state index in [0.29, 0.717) is 50.1 Å². The molecule has 0 bridgehead atoms. The van der Waals surface area contributed by atoms with E-state index in [-0.39, 0.29) is 17.6 Å². The Balaban J connectivity index is 1.10. The van der Waals surface area contributed by atoms with Crippen molar-refractivity contribution in [3.63, 3.8) is 0 Å². The van der Waals surface area contributed by atoms with E-state index >= 15 is 0 Å². The topological polar surface area (TPSA) is 65.7 Å². The van der Waals surface area contributed by atoms with E-state index in [1.165, 1.54) is 6.07 Å². The average molecular weight is 528 g/mol. The molecule has 2 aromatic carbocycles. The van der Waals surface area contributed by atoms with Crippen molar-refractivity contribution >= 4 is 27.5 Å². The Morgan fingerprint density at radius 3 is 2.53 bits per heavy atom. The first kappa shape index (κ1) is 23.0. The van der Waals surface area contributed by atoms with Gasteiger partial charge in [-0.25, -0.2) is 4.39 Å². The largest absolute Gasteiger partial charge is 0.366 e. The maximum Gasteiger partial charge on any atom is 0.241 e. The molecule has 2 saturated heterocycles. The van der Waals surface area contributed by atoms with E-state index in [4.69, 9.17) is 4.52 Å². The number of benzene rings is 2. The Morgan fingerprint density at radius 1 is 1.03 bits per heavy atom. The molecule has 178 valence electrons. The molecule has 1 amide bonds. The van der Waals surface area contributed by atoms with Crippen LogP contribution >= 0.6 is 15.9 Å². The van der Waals surface area contributed by atoms with Crippen LogP contribution in [0.2, 0.25) is 0 Å². The fourth-order valence-corrected chi connectivity index (χ4v) is 5.13. The number of hydrogen-bond donors (Lipinski definition) is 0. The van der Waals surface area contributed by atoms with Crippen LogP contribution in [-0.2, 0) is 11.3 Å². The summed E-state index contributed by atoms with van der Waals surface area (Å²) in [7, 11) is 0. The van der Waals surface area contributed by atoms with Crippen molar-refractivity contribution in [2.75, 3.05) is 44.2 Å². The number of piperazine rings is 1. The average Bonchev–Trinajstić information content (AvgIpc) is 3.33. The summed E-state index contributed by atoms with van der Waals surface area (Å²) in [6, 6.07) is 14.6. The predicted molar refractivity (Wildman–Crippen MR) is 131 cm³/mol. The molecule has 0 radical (unpaired) electrons. The highest BCUT2D eigenvalue weighted by Gasteiger charge is 2.31. The predicted octanol–water partition coefficient (Wildman–Crippen LogP) is 4.20. The van der Waals surface area contributed by atoms with Gasteiger partial charge in [-0.3, -0.25) is 9.69 Å². The molecular weight excluding hydrogens is 501 g/mol. The van der Waals surface area contributed by atoms with Crippen molar-refractivity contribution in [3.05, 3.63) is 64.7 Å². The van der Waals surface area contributed by atoms with Gasteiger partial charge in [0.2, 0.25) is 17.6 Å². The number of rotatable bonds is 5. The molecule has 7 nitrogen and oxygen atoms in total. The van der Waals surface area contributed by atoms with Gasteiger partial charge in [-0.05, 0) is 50.2 Å². The van der Waals surface area contributed by atoms with Crippen molar-refractivity contribution in [1.82, 2.24) is 19.9 Å². The lowest BCUT2D eigenvalue weighted by molar-refractivity contribution is -0.137. The normalized spacial score (nSPS) is 17.8. The molecule has 0 spiro atoms. The van der Waals surface area contributed by atoms with Crippen LogP contribution in [0.5, 0.6) is 0 Å². The van der Waals surface area contributed by atoms with E-state index in [1.807, 2.05) is 40.1 Å². The summed E-state index contributed by atoms with van der Waals surface area (Å²) in [6.45, 7) is 4.80. The van der Waals surface area contributed by atoms with Crippen LogP contribution in [0.1, 0.15) is 18.7 Å². The molecule has 9 heteroatoms. The molecule has 0 N–H and O–H groups in total. The van der Waals surface area contributed by atoms with Crippen LogP contribution < -0.4 is 4.90 Å². The Bertz CT molecular complexity index is 1140. The quantitative estimate of drug-likeness (QED) is 0.495. The Morgan fingerprint density at radius 2 is 1.79 bits per heavy atom. The monoisotopic (exact) mass is 527 g/mol. The van der Waals surface area contributed by atoms with Gasteiger partial charge < -0.3 is 14.3 Å². The zero-order valence-corrected chi connectivity index (χ0v) is 20.5. The van der Waals surface area contributed by atoms with Gasteiger partial charge in [0.1, 0.15) is 5.82 Å². The number of carbonyl (C=O) groups is 1. The van der Waals surface area contributed by atoms with Crippen LogP contribution in [0.25, 0.3) is 11.4 Å². The van der Waals surface area contributed by atoms with Gasteiger partial charge in [0.15, 0.2) is 0 Å². The number of likely N-dealkylation sites (tertiary alicyclic amines) is 1. The molecule has 0 aliphatic carbocycles. The second kappa shape index (κ2) is 10.2. The highest BCUT2D eigenvalue weighted by atomic mass is 79.9. The molecule has 3 heterocycles. The third-order valence-electron chi connectivity index (χ3n) is 6.63. The summed E-state index contributed by atoms with van der Waals surface area (Å²) in [6.07, 6.45) is 1.64. The first-order chi connectivity index (χ1) is 16.6. The van der Waals surface area contributed by atoms with Crippen LogP contribution in [-0.4, -0.2) is 65.1 Å². The van der Waals surface area contributed by atoms with Crippen molar-refractivity contribution in [3.8, 4) is 11.4 Å². The van der Waals surface area contributed by atoms with Crippen molar-refractivity contribution < 1.29 is 13.7 Å². The zero-order chi connectivity index (χ0) is 23.5. The highest BCUT2D eigenvalue weighted by molar-refractivity contribution is 9.10. The lowest BCUT2D eigenvalue weighted by atomic mass is 9.95. The second-order valence-electron chi connectivity index (χ2n) is 8.84. The number of carbonyl (C=O) groups excluding carboxylic acids is 1. The minimum atomic E-state index is -0.209. The van der Waals surface area contributed by atoms with Gasteiger partial charge in [0.25, 0.3) is 0 Å². The maximum atomic E-state index is 14.1.